The number of hydrogen-bond acceptors (Lipinski definition) is 6. The fourth-order valence-corrected chi connectivity index (χ4v) is 0.939. The molecule has 0 saturated heterocycles. The van der Waals surface area contributed by atoms with Gasteiger partial charge in [0.25, 0.3) is 0 Å². The molecule has 6 heteroatoms. The third-order valence-corrected chi connectivity index (χ3v) is 1.49. The van der Waals surface area contributed by atoms with E-state index in [0.29, 0.717) is 5.88 Å². The molecule has 0 spiro atoms. The summed E-state index contributed by atoms with van der Waals surface area (Å²) in [5.41, 5.74) is 5.97. The topological polar surface area (TPSA) is 90.5 Å². The first-order valence-corrected chi connectivity index (χ1v) is 4.66. The number of aliphatic hydroxyl groups is 1. The second kappa shape index (κ2) is 5.35. The van der Waals surface area contributed by atoms with E-state index < -0.39 is 0 Å². The standard InChI is InChI=1S/C9H15N3O3/c1-6(2)15-9-7(10)8(11-5-12-9)14-4-3-13/h5-6,13H,3-4,10H2,1-2H3. The van der Waals surface area contributed by atoms with Crippen molar-refractivity contribution in [2.24, 2.45) is 0 Å². The summed E-state index contributed by atoms with van der Waals surface area (Å²) in [4.78, 5) is 7.72. The van der Waals surface area contributed by atoms with Gasteiger partial charge in [-0.2, -0.15) is 9.97 Å². The summed E-state index contributed by atoms with van der Waals surface area (Å²) >= 11 is 0. The fourth-order valence-electron chi connectivity index (χ4n) is 0.939. The van der Waals surface area contributed by atoms with Gasteiger partial charge in [0.05, 0.1) is 12.7 Å². The number of anilines is 1. The quantitative estimate of drug-likeness (QED) is 0.727. The molecule has 0 radical (unpaired) electrons. The van der Waals surface area contributed by atoms with Crippen LogP contribution in [0.3, 0.4) is 0 Å². The van der Waals surface area contributed by atoms with Crippen LogP contribution in [-0.4, -0.2) is 34.4 Å². The van der Waals surface area contributed by atoms with E-state index in [1.807, 2.05) is 13.8 Å². The van der Waals surface area contributed by atoms with Crippen molar-refractivity contribution in [3.05, 3.63) is 6.33 Å². The second-order valence-corrected chi connectivity index (χ2v) is 3.14. The zero-order valence-corrected chi connectivity index (χ0v) is 8.80. The average Bonchev–Trinajstić information content (AvgIpc) is 2.19. The number of nitrogens with zero attached hydrogens (tertiary/aromatic N) is 2. The number of ether oxygens (including phenoxy) is 2. The van der Waals surface area contributed by atoms with Gasteiger partial charge in [-0.3, -0.25) is 0 Å². The molecule has 0 aliphatic heterocycles. The van der Waals surface area contributed by atoms with Gasteiger partial charge >= 0.3 is 0 Å². The molecule has 1 aromatic heterocycles. The lowest BCUT2D eigenvalue weighted by Gasteiger charge is -2.12. The monoisotopic (exact) mass is 213 g/mol. The largest absolute Gasteiger partial charge is 0.474 e. The molecule has 0 saturated carbocycles. The van der Waals surface area contributed by atoms with Gasteiger partial charge in [0.2, 0.25) is 11.8 Å². The van der Waals surface area contributed by atoms with Gasteiger partial charge in [-0.25, -0.2) is 0 Å². The Balaban J connectivity index is 2.80. The Morgan fingerprint density at radius 1 is 1.40 bits per heavy atom. The third-order valence-electron chi connectivity index (χ3n) is 1.49. The van der Waals surface area contributed by atoms with E-state index in [1.54, 1.807) is 0 Å². The highest BCUT2D eigenvalue weighted by molar-refractivity contribution is 5.55. The van der Waals surface area contributed by atoms with Crippen LogP contribution in [-0.2, 0) is 0 Å². The van der Waals surface area contributed by atoms with Gasteiger partial charge in [-0.1, -0.05) is 0 Å². The van der Waals surface area contributed by atoms with Crippen molar-refractivity contribution in [1.29, 1.82) is 0 Å². The number of aromatic nitrogens is 2. The lowest BCUT2D eigenvalue weighted by Crippen LogP contribution is -2.11. The molecule has 0 unspecified atom stereocenters. The van der Waals surface area contributed by atoms with E-state index in [9.17, 15) is 0 Å². The molecule has 0 bridgehead atoms. The molecule has 1 aromatic rings. The number of rotatable bonds is 5. The van der Waals surface area contributed by atoms with Crippen LogP contribution >= 0.6 is 0 Å². The number of nitrogens with two attached hydrogens (primary N) is 1. The number of hydrogen-bond donors (Lipinski definition) is 2. The van der Waals surface area contributed by atoms with Crippen LogP contribution in [0, 0.1) is 0 Å². The predicted molar refractivity (Wildman–Crippen MR) is 54.8 cm³/mol. The number of nitrogen functional groups attached to an aromatic ring is 1. The summed E-state index contributed by atoms with van der Waals surface area (Å²) < 4.78 is 10.4. The Labute approximate surface area is 88.1 Å². The van der Waals surface area contributed by atoms with E-state index >= 15 is 0 Å². The molecule has 84 valence electrons. The lowest BCUT2D eigenvalue weighted by molar-refractivity contribution is 0.194. The van der Waals surface area contributed by atoms with Gasteiger partial charge in [0.1, 0.15) is 12.9 Å². The Morgan fingerprint density at radius 3 is 2.67 bits per heavy atom. The van der Waals surface area contributed by atoms with Crippen LogP contribution in [0.15, 0.2) is 6.33 Å². The highest BCUT2D eigenvalue weighted by Crippen LogP contribution is 2.26. The highest BCUT2D eigenvalue weighted by atomic mass is 16.5. The summed E-state index contributed by atoms with van der Waals surface area (Å²) in [5, 5.41) is 8.59. The number of aliphatic hydroxyl groups excluding tert-OH is 1. The molecule has 0 aliphatic rings. The maximum Gasteiger partial charge on any atom is 0.244 e. The second-order valence-electron chi connectivity index (χ2n) is 3.14. The summed E-state index contributed by atoms with van der Waals surface area (Å²) in [5.74, 6) is 0.530. The van der Waals surface area contributed by atoms with Crippen molar-refractivity contribution < 1.29 is 14.6 Å². The first-order chi connectivity index (χ1) is 7.15. The molecule has 0 aromatic carbocycles. The first-order valence-electron chi connectivity index (χ1n) is 4.66. The Bertz CT molecular complexity index is 317. The molecule has 1 heterocycles. The first kappa shape index (κ1) is 11.5. The van der Waals surface area contributed by atoms with Crippen LogP contribution in [0.5, 0.6) is 11.8 Å². The van der Waals surface area contributed by atoms with Crippen molar-refractivity contribution in [3.63, 3.8) is 0 Å². The minimum atomic E-state index is -0.0934. The van der Waals surface area contributed by atoms with Gasteiger partial charge in [-0.05, 0) is 13.8 Å². The SMILES string of the molecule is CC(C)Oc1ncnc(OCCO)c1N. The Hall–Kier alpha value is -1.56. The summed E-state index contributed by atoms with van der Waals surface area (Å²) in [6.07, 6.45) is 1.29. The molecule has 1 rings (SSSR count). The third kappa shape index (κ3) is 3.25. The van der Waals surface area contributed by atoms with Crippen molar-refractivity contribution in [1.82, 2.24) is 9.97 Å². The van der Waals surface area contributed by atoms with Crippen LogP contribution in [0.2, 0.25) is 0 Å². The van der Waals surface area contributed by atoms with Crippen molar-refractivity contribution in [3.8, 4) is 11.8 Å². The van der Waals surface area contributed by atoms with Gasteiger partial charge in [-0.15, -0.1) is 0 Å². The summed E-state index contributed by atoms with van der Waals surface area (Å²) in [6.45, 7) is 3.79. The summed E-state index contributed by atoms with van der Waals surface area (Å²) in [7, 11) is 0. The smallest absolute Gasteiger partial charge is 0.244 e. The maximum atomic E-state index is 8.59. The normalized spacial score (nSPS) is 10.4. The van der Waals surface area contributed by atoms with E-state index in [4.69, 9.17) is 20.3 Å². The van der Waals surface area contributed by atoms with Crippen molar-refractivity contribution in [2.75, 3.05) is 18.9 Å². The van der Waals surface area contributed by atoms with E-state index in [1.165, 1.54) is 6.33 Å². The van der Waals surface area contributed by atoms with E-state index in [0.717, 1.165) is 0 Å². The molecular weight excluding hydrogens is 198 g/mol. The zero-order valence-electron chi connectivity index (χ0n) is 8.80. The minimum absolute atomic E-state index is 0.0205. The minimum Gasteiger partial charge on any atom is -0.474 e. The molecule has 15 heavy (non-hydrogen) atoms. The Morgan fingerprint density at radius 2 is 2.07 bits per heavy atom. The van der Waals surface area contributed by atoms with Gasteiger partial charge in [0.15, 0.2) is 5.69 Å². The highest BCUT2D eigenvalue weighted by Gasteiger charge is 2.11. The van der Waals surface area contributed by atoms with Crippen molar-refractivity contribution in [2.45, 2.75) is 20.0 Å². The van der Waals surface area contributed by atoms with Crippen LogP contribution in [0.1, 0.15) is 13.8 Å². The van der Waals surface area contributed by atoms with Crippen LogP contribution < -0.4 is 15.2 Å². The molecule has 3 N–H and O–H groups in total. The van der Waals surface area contributed by atoms with Gasteiger partial charge in [0, 0.05) is 0 Å². The van der Waals surface area contributed by atoms with Crippen LogP contribution in [0.4, 0.5) is 5.69 Å². The molecule has 0 aliphatic carbocycles. The van der Waals surface area contributed by atoms with Crippen LogP contribution in [0.25, 0.3) is 0 Å². The maximum absolute atomic E-state index is 8.59. The molecular formula is C9H15N3O3. The van der Waals surface area contributed by atoms with Gasteiger partial charge < -0.3 is 20.3 Å². The van der Waals surface area contributed by atoms with E-state index in [-0.39, 0.29) is 30.9 Å². The molecule has 6 nitrogen and oxygen atoms in total. The average molecular weight is 213 g/mol. The fraction of sp³-hybridized carbons (Fsp3) is 0.556. The molecule has 0 atom stereocenters. The van der Waals surface area contributed by atoms with E-state index in [2.05, 4.69) is 9.97 Å². The zero-order chi connectivity index (χ0) is 11.3. The lowest BCUT2D eigenvalue weighted by atomic mass is 10.4. The molecule has 0 amide bonds. The molecule has 0 fully saturated rings. The van der Waals surface area contributed by atoms with Crippen molar-refractivity contribution >= 4 is 5.69 Å². The predicted octanol–water partition coefficient (Wildman–Crippen LogP) is 0.217. The Kier molecular flexibility index (Phi) is 4.11. The summed E-state index contributed by atoms with van der Waals surface area (Å²) in [6, 6.07) is 0.